The fourth-order valence-electron chi connectivity index (χ4n) is 1.78. The van der Waals surface area contributed by atoms with E-state index in [4.69, 9.17) is 4.74 Å². The summed E-state index contributed by atoms with van der Waals surface area (Å²) in [5.74, 6) is 0.730. The van der Waals surface area contributed by atoms with Gasteiger partial charge in [-0.05, 0) is 37.3 Å². The highest BCUT2D eigenvalue weighted by Crippen LogP contribution is 2.09. The lowest BCUT2D eigenvalue weighted by atomic mass is 10.1. The lowest BCUT2D eigenvalue weighted by molar-refractivity contribution is 0.125. The lowest BCUT2D eigenvalue weighted by Gasteiger charge is -2.10. The Morgan fingerprint density at radius 1 is 1.17 bits per heavy atom. The summed E-state index contributed by atoms with van der Waals surface area (Å²) in [6, 6.07) is 6.60. The molecule has 0 bridgehead atoms. The van der Waals surface area contributed by atoms with E-state index in [1.54, 1.807) is 0 Å². The van der Waals surface area contributed by atoms with Crippen molar-refractivity contribution in [3.63, 3.8) is 0 Å². The van der Waals surface area contributed by atoms with E-state index >= 15 is 0 Å². The van der Waals surface area contributed by atoms with Crippen LogP contribution in [0.2, 0.25) is 0 Å². The second-order valence-corrected chi connectivity index (χ2v) is 5.40. The molecule has 1 rings (SSSR count). The van der Waals surface area contributed by atoms with Crippen molar-refractivity contribution in [2.75, 3.05) is 19.8 Å². The highest BCUT2D eigenvalue weighted by atomic mass is 16.5. The molecule has 18 heavy (non-hydrogen) atoms. The van der Waals surface area contributed by atoms with Gasteiger partial charge in [0.25, 0.3) is 0 Å². The first-order valence-corrected chi connectivity index (χ1v) is 6.94. The summed E-state index contributed by atoms with van der Waals surface area (Å²) < 4.78 is 5.57. The van der Waals surface area contributed by atoms with Crippen molar-refractivity contribution < 1.29 is 4.74 Å². The first-order chi connectivity index (χ1) is 8.59. The van der Waals surface area contributed by atoms with Crippen LogP contribution in [0.5, 0.6) is 0 Å². The summed E-state index contributed by atoms with van der Waals surface area (Å²) in [6.07, 6.45) is 1.15. The molecule has 0 unspecified atom stereocenters. The number of hydrogen-bond acceptors (Lipinski definition) is 2. The molecule has 0 heterocycles. The summed E-state index contributed by atoms with van der Waals surface area (Å²) in [4.78, 5) is 0. The maximum Gasteiger partial charge on any atom is 0.0591 e. The van der Waals surface area contributed by atoms with Crippen molar-refractivity contribution in [1.29, 1.82) is 0 Å². The summed E-state index contributed by atoms with van der Waals surface area (Å²) in [7, 11) is 0. The largest absolute Gasteiger partial charge is 0.380 e. The molecule has 0 amide bonds. The van der Waals surface area contributed by atoms with Crippen molar-refractivity contribution >= 4 is 0 Å². The maximum atomic E-state index is 5.57. The number of nitrogens with one attached hydrogen (secondary N) is 1. The lowest BCUT2D eigenvalue weighted by Crippen LogP contribution is -2.20. The van der Waals surface area contributed by atoms with E-state index in [0.29, 0.717) is 0 Å². The van der Waals surface area contributed by atoms with Crippen LogP contribution in [0.15, 0.2) is 18.2 Å². The zero-order chi connectivity index (χ0) is 13.4. The zero-order valence-electron chi connectivity index (χ0n) is 12.3. The van der Waals surface area contributed by atoms with E-state index in [9.17, 15) is 0 Å². The van der Waals surface area contributed by atoms with Gasteiger partial charge in [0, 0.05) is 19.7 Å². The highest BCUT2D eigenvalue weighted by molar-refractivity contribution is 5.30. The molecule has 0 fully saturated rings. The third kappa shape index (κ3) is 6.18. The molecule has 102 valence electrons. The second kappa shape index (κ2) is 8.28. The fourth-order valence-corrected chi connectivity index (χ4v) is 1.78. The predicted molar refractivity (Wildman–Crippen MR) is 77.9 cm³/mol. The normalized spacial score (nSPS) is 11.2. The molecule has 2 nitrogen and oxygen atoms in total. The standard InChI is InChI=1S/C16H27NO/c1-13(2)7-9-18-10-8-17-12-16-11-14(3)5-6-15(16)4/h5-6,11,13,17H,7-10,12H2,1-4H3. The highest BCUT2D eigenvalue weighted by Gasteiger charge is 1.98. The maximum absolute atomic E-state index is 5.57. The van der Waals surface area contributed by atoms with Gasteiger partial charge in [0.15, 0.2) is 0 Å². The smallest absolute Gasteiger partial charge is 0.0591 e. The van der Waals surface area contributed by atoms with Gasteiger partial charge < -0.3 is 10.1 Å². The first kappa shape index (κ1) is 15.2. The van der Waals surface area contributed by atoms with Gasteiger partial charge >= 0.3 is 0 Å². The number of hydrogen-bond donors (Lipinski definition) is 1. The van der Waals surface area contributed by atoms with Gasteiger partial charge in [0.1, 0.15) is 0 Å². The molecule has 2 heteroatoms. The van der Waals surface area contributed by atoms with Crippen molar-refractivity contribution in [3.8, 4) is 0 Å². The van der Waals surface area contributed by atoms with Gasteiger partial charge in [-0.3, -0.25) is 0 Å². The van der Waals surface area contributed by atoms with Crippen LogP contribution >= 0.6 is 0 Å². The molecule has 0 spiro atoms. The molecule has 0 saturated carbocycles. The minimum atomic E-state index is 0.730. The van der Waals surface area contributed by atoms with E-state index in [1.807, 2.05) is 0 Å². The van der Waals surface area contributed by atoms with Crippen LogP contribution in [0.4, 0.5) is 0 Å². The SMILES string of the molecule is Cc1ccc(C)c(CNCCOCCC(C)C)c1. The van der Waals surface area contributed by atoms with Crippen LogP contribution < -0.4 is 5.32 Å². The number of benzene rings is 1. The van der Waals surface area contributed by atoms with E-state index in [2.05, 4.69) is 51.2 Å². The Labute approximate surface area is 112 Å². The minimum Gasteiger partial charge on any atom is -0.380 e. The van der Waals surface area contributed by atoms with E-state index in [1.165, 1.54) is 16.7 Å². The predicted octanol–water partition coefficient (Wildman–Crippen LogP) is 3.46. The van der Waals surface area contributed by atoms with E-state index in [0.717, 1.165) is 38.6 Å². The first-order valence-electron chi connectivity index (χ1n) is 6.94. The molecular formula is C16H27NO. The average Bonchev–Trinajstić information content (AvgIpc) is 2.32. The number of ether oxygens (including phenoxy) is 1. The zero-order valence-corrected chi connectivity index (χ0v) is 12.3. The topological polar surface area (TPSA) is 21.3 Å². The van der Waals surface area contributed by atoms with Crippen LogP contribution in [0.25, 0.3) is 0 Å². The van der Waals surface area contributed by atoms with Crippen molar-refractivity contribution in [1.82, 2.24) is 5.32 Å². The minimum absolute atomic E-state index is 0.730. The molecule has 0 aliphatic heterocycles. The molecule has 0 aromatic heterocycles. The van der Waals surface area contributed by atoms with Gasteiger partial charge in [-0.15, -0.1) is 0 Å². The molecule has 0 aliphatic rings. The Morgan fingerprint density at radius 3 is 2.67 bits per heavy atom. The van der Waals surface area contributed by atoms with Gasteiger partial charge in [-0.25, -0.2) is 0 Å². The van der Waals surface area contributed by atoms with Gasteiger partial charge in [0.2, 0.25) is 0 Å². The number of aryl methyl sites for hydroxylation is 2. The average molecular weight is 249 g/mol. The molecule has 1 N–H and O–H groups in total. The molecule has 1 aromatic rings. The van der Waals surface area contributed by atoms with E-state index in [-0.39, 0.29) is 0 Å². The monoisotopic (exact) mass is 249 g/mol. The Kier molecular flexibility index (Phi) is 6.99. The summed E-state index contributed by atoms with van der Waals surface area (Å²) >= 11 is 0. The van der Waals surface area contributed by atoms with Crippen LogP contribution in [-0.2, 0) is 11.3 Å². The molecule has 0 aliphatic carbocycles. The van der Waals surface area contributed by atoms with E-state index < -0.39 is 0 Å². The van der Waals surface area contributed by atoms with Gasteiger partial charge in [-0.1, -0.05) is 37.6 Å². The fraction of sp³-hybridized carbons (Fsp3) is 0.625. The number of rotatable bonds is 8. The van der Waals surface area contributed by atoms with Crippen LogP contribution in [0.3, 0.4) is 0 Å². The van der Waals surface area contributed by atoms with Crippen molar-refractivity contribution in [3.05, 3.63) is 34.9 Å². The van der Waals surface area contributed by atoms with Gasteiger partial charge in [-0.2, -0.15) is 0 Å². The Morgan fingerprint density at radius 2 is 1.94 bits per heavy atom. The van der Waals surface area contributed by atoms with Crippen molar-refractivity contribution in [2.24, 2.45) is 5.92 Å². The molecule has 0 radical (unpaired) electrons. The summed E-state index contributed by atoms with van der Waals surface area (Å²) in [5, 5.41) is 3.43. The molecule has 0 saturated heterocycles. The van der Waals surface area contributed by atoms with Crippen molar-refractivity contribution in [2.45, 2.75) is 40.7 Å². The molecular weight excluding hydrogens is 222 g/mol. The quantitative estimate of drug-likeness (QED) is 0.712. The van der Waals surface area contributed by atoms with Gasteiger partial charge in [0.05, 0.1) is 6.61 Å². The third-order valence-electron chi connectivity index (χ3n) is 3.08. The third-order valence-corrected chi connectivity index (χ3v) is 3.08. The summed E-state index contributed by atoms with van der Waals surface area (Å²) in [5.41, 5.74) is 4.07. The summed E-state index contributed by atoms with van der Waals surface area (Å²) in [6.45, 7) is 12.3. The molecule has 1 aromatic carbocycles. The Hall–Kier alpha value is -0.860. The van der Waals surface area contributed by atoms with Crippen LogP contribution in [0, 0.1) is 19.8 Å². The Balaban J connectivity index is 2.12. The molecule has 0 atom stereocenters. The van der Waals surface area contributed by atoms with Crippen LogP contribution in [-0.4, -0.2) is 19.8 Å². The van der Waals surface area contributed by atoms with Crippen LogP contribution in [0.1, 0.15) is 37.0 Å². The second-order valence-electron chi connectivity index (χ2n) is 5.40. The Bertz CT molecular complexity index is 347.